The summed E-state index contributed by atoms with van der Waals surface area (Å²) in [6.45, 7) is 2.12. The lowest BCUT2D eigenvalue weighted by molar-refractivity contribution is -0.137. The Morgan fingerprint density at radius 1 is 1.19 bits per heavy atom. The topological polar surface area (TPSA) is 94.8 Å². The van der Waals surface area contributed by atoms with Gasteiger partial charge in [0.2, 0.25) is 0 Å². The first-order valence-corrected chi connectivity index (χ1v) is 10.4. The van der Waals surface area contributed by atoms with Crippen LogP contribution in [0.4, 0.5) is 0 Å². The van der Waals surface area contributed by atoms with E-state index in [-0.39, 0.29) is 30.5 Å². The van der Waals surface area contributed by atoms with E-state index in [1.807, 2.05) is 18.2 Å². The van der Waals surface area contributed by atoms with Crippen molar-refractivity contribution in [3.05, 3.63) is 24.3 Å². The minimum atomic E-state index is -0.751. The predicted molar refractivity (Wildman–Crippen MR) is 106 cm³/mol. The third-order valence-corrected chi connectivity index (χ3v) is 5.21. The standard InChI is InChI=1S/C22H36O5/c1-2-3-8-11-17(23)14-15-19-18(20(24)16-21(19)25)12-9-6-4-5-7-10-13-22(26)27/h6,9,14-15,17-19,21,23,25H,2-5,7-8,10-13,16H2,1H3,(H,26,27)/b9-6+,15-14+/t17?,18-,19-,21-/m1/s1. The van der Waals surface area contributed by atoms with E-state index in [4.69, 9.17) is 5.11 Å². The van der Waals surface area contributed by atoms with Crippen LogP contribution in [0, 0.1) is 11.8 Å². The number of unbranched alkanes of at least 4 members (excludes halogenated alkanes) is 5. The number of rotatable bonds is 14. The van der Waals surface area contributed by atoms with E-state index < -0.39 is 18.2 Å². The Labute approximate surface area is 163 Å². The van der Waals surface area contributed by atoms with Gasteiger partial charge in [-0.25, -0.2) is 0 Å². The average molecular weight is 381 g/mol. The predicted octanol–water partition coefficient (Wildman–Crippen LogP) is 4.03. The van der Waals surface area contributed by atoms with Gasteiger partial charge in [0.15, 0.2) is 0 Å². The first-order chi connectivity index (χ1) is 13.0. The van der Waals surface area contributed by atoms with Crippen molar-refractivity contribution in [3.63, 3.8) is 0 Å². The maximum atomic E-state index is 12.2. The second-order valence-corrected chi connectivity index (χ2v) is 7.57. The molecule has 5 heteroatoms. The minimum Gasteiger partial charge on any atom is -0.481 e. The molecule has 0 aliphatic heterocycles. The summed E-state index contributed by atoms with van der Waals surface area (Å²) >= 11 is 0. The van der Waals surface area contributed by atoms with Crippen LogP contribution in [0.5, 0.6) is 0 Å². The molecule has 1 saturated carbocycles. The van der Waals surface area contributed by atoms with Crippen LogP contribution in [0.1, 0.15) is 77.6 Å². The number of carbonyl (C=O) groups excluding carboxylic acids is 1. The highest BCUT2D eigenvalue weighted by atomic mass is 16.4. The van der Waals surface area contributed by atoms with Crippen LogP contribution >= 0.6 is 0 Å². The van der Waals surface area contributed by atoms with Crippen molar-refractivity contribution in [1.29, 1.82) is 0 Å². The van der Waals surface area contributed by atoms with Crippen LogP contribution in [0.15, 0.2) is 24.3 Å². The van der Waals surface area contributed by atoms with Crippen LogP contribution in [-0.4, -0.2) is 39.3 Å². The van der Waals surface area contributed by atoms with Gasteiger partial charge in [-0.15, -0.1) is 0 Å². The quantitative estimate of drug-likeness (QED) is 0.312. The van der Waals surface area contributed by atoms with Crippen molar-refractivity contribution in [2.75, 3.05) is 0 Å². The van der Waals surface area contributed by atoms with E-state index in [1.165, 1.54) is 0 Å². The molecule has 0 radical (unpaired) electrons. The molecule has 0 aromatic carbocycles. The summed E-state index contributed by atoms with van der Waals surface area (Å²) in [6.07, 6.45) is 14.7. The molecule has 154 valence electrons. The molecule has 0 bridgehead atoms. The minimum absolute atomic E-state index is 0.0868. The first kappa shape index (κ1) is 23.6. The van der Waals surface area contributed by atoms with Gasteiger partial charge in [-0.3, -0.25) is 9.59 Å². The number of aliphatic hydroxyl groups excluding tert-OH is 2. The number of ketones is 1. The van der Waals surface area contributed by atoms with Crippen LogP contribution in [0.2, 0.25) is 0 Å². The Bertz CT molecular complexity index is 497. The van der Waals surface area contributed by atoms with Gasteiger partial charge >= 0.3 is 5.97 Å². The Morgan fingerprint density at radius 2 is 1.96 bits per heavy atom. The maximum absolute atomic E-state index is 12.2. The Kier molecular flexibility index (Phi) is 11.9. The van der Waals surface area contributed by atoms with Gasteiger partial charge in [-0.2, -0.15) is 0 Å². The summed E-state index contributed by atoms with van der Waals surface area (Å²) in [5.41, 5.74) is 0. The summed E-state index contributed by atoms with van der Waals surface area (Å²) in [6, 6.07) is 0. The lowest BCUT2D eigenvalue weighted by atomic mass is 9.90. The molecular weight excluding hydrogens is 344 g/mol. The molecule has 0 aromatic rings. The summed E-state index contributed by atoms with van der Waals surface area (Å²) < 4.78 is 0. The fraction of sp³-hybridized carbons (Fsp3) is 0.727. The van der Waals surface area contributed by atoms with Gasteiger partial charge in [-0.05, 0) is 32.1 Å². The molecule has 1 aliphatic carbocycles. The zero-order valence-corrected chi connectivity index (χ0v) is 16.6. The third kappa shape index (κ3) is 9.87. The van der Waals surface area contributed by atoms with Gasteiger partial charge in [0.05, 0.1) is 12.2 Å². The summed E-state index contributed by atoms with van der Waals surface area (Å²) in [5, 5.41) is 28.8. The lowest BCUT2D eigenvalue weighted by Crippen LogP contribution is -2.18. The zero-order valence-electron chi connectivity index (χ0n) is 16.6. The smallest absolute Gasteiger partial charge is 0.303 e. The second kappa shape index (κ2) is 13.7. The molecule has 1 aliphatic rings. The molecule has 4 atom stereocenters. The highest BCUT2D eigenvalue weighted by Gasteiger charge is 2.39. The molecule has 3 N–H and O–H groups in total. The van der Waals surface area contributed by atoms with Crippen molar-refractivity contribution < 1.29 is 24.9 Å². The monoisotopic (exact) mass is 380 g/mol. The van der Waals surface area contributed by atoms with Crippen LogP contribution in [0.25, 0.3) is 0 Å². The SMILES string of the molecule is CCCCCC(O)/C=C/[C@H]1[C@H](O)CC(=O)[C@@H]1C/C=C/CCCCCC(=O)O. The van der Waals surface area contributed by atoms with Crippen LogP contribution < -0.4 is 0 Å². The molecule has 0 spiro atoms. The summed E-state index contributed by atoms with van der Waals surface area (Å²) in [5.74, 6) is -1.11. The molecule has 27 heavy (non-hydrogen) atoms. The molecule has 0 aromatic heterocycles. The van der Waals surface area contributed by atoms with Gasteiger partial charge < -0.3 is 15.3 Å². The molecule has 5 nitrogen and oxygen atoms in total. The zero-order chi connectivity index (χ0) is 20.1. The molecule has 0 amide bonds. The number of aliphatic hydroxyl groups is 2. The Hall–Kier alpha value is -1.46. The van der Waals surface area contributed by atoms with Crippen molar-refractivity contribution in [3.8, 4) is 0 Å². The van der Waals surface area contributed by atoms with E-state index in [1.54, 1.807) is 6.08 Å². The maximum Gasteiger partial charge on any atom is 0.303 e. The molecule has 0 heterocycles. The Balaban J connectivity index is 2.39. The van der Waals surface area contributed by atoms with Gasteiger partial charge in [0.1, 0.15) is 5.78 Å². The summed E-state index contributed by atoms with van der Waals surface area (Å²) in [7, 11) is 0. The molecular formula is C22H36O5. The number of aliphatic carboxylic acids is 1. The van der Waals surface area contributed by atoms with Crippen LogP contribution in [-0.2, 0) is 9.59 Å². The van der Waals surface area contributed by atoms with E-state index in [0.29, 0.717) is 19.3 Å². The Morgan fingerprint density at radius 3 is 2.67 bits per heavy atom. The van der Waals surface area contributed by atoms with Crippen molar-refractivity contribution in [2.24, 2.45) is 11.8 Å². The number of carboxylic acid groups (broad SMARTS) is 1. The van der Waals surface area contributed by atoms with Crippen molar-refractivity contribution >= 4 is 11.8 Å². The number of carboxylic acids is 1. The molecule has 1 unspecified atom stereocenters. The van der Waals surface area contributed by atoms with Gasteiger partial charge in [0.25, 0.3) is 0 Å². The number of hydrogen-bond donors (Lipinski definition) is 3. The van der Waals surface area contributed by atoms with Gasteiger partial charge in [-0.1, -0.05) is 56.9 Å². The first-order valence-electron chi connectivity index (χ1n) is 10.4. The average Bonchev–Trinajstić information content (AvgIpc) is 2.88. The van der Waals surface area contributed by atoms with E-state index in [2.05, 4.69) is 6.92 Å². The van der Waals surface area contributed by atoms with E-state index in [0.717, 1.165) is 38.5 Å². The molecule has 1 fully saturated rings. The molecule has 1 rings (SSSR count). The van der Waals surface area contributed by atoms with Crippen molar-refractivity contribution in [1.82, 2.24) is 0 Å². The number of allylic oxidation sites excluding steroid dienone is 2. The molecule has 0 saturated heterocycles. The highest BCUT2D eigenvalue weighted by Crippen LogP contribution is 2.33. The van der Waals surface area contributed by atoms with E-state index >= 15 is 0 Å². The summed E-state index contributed by atoms with van der Waals surface area (Å²) in [4.78, 5) is 22.6. The fourth-order valence-electron chi connectivity index (χ4n) is 3.56. The largest absolute Gasteiger partial charge is 0.481 e. The fourth-order valence-corrected chi connectivity index (χ4v) is 3.56. The van der Waals surface area contributed by atoms with Crippen molar-refractivity contribution in [2.45, 2.75) is 89.8 Å². The number of carbonyl (C=O) groups is 2. The highest BCUT2D eigenvalue weighted by molar-refractivity contribution is 5.84. The lowest BCUT2D eigenvalue weighted by Gasteiger charge is -2.16. The van der Waals surface area contributed by atoms with E-state index in [9.17, 15) is 19.8 Å². The van der Waals surface area contributed by atoms with Gasteiger partial charge in [0, 0.05) is 24.7 Å². The third-order valence-electron chi connectivity index (χ3n) is 5.21. The normalized spacial score (nSPS) is 24.3. The number of Topliss-reactive ketones (excluding diaryl/α,β-unsaturated/α-hetero) is 1. The second-order valence-electron chi connectivity index (χ2n) is 7.57. The number of hydrogen-bond acceptors (Lipinski definition) is 4. The van der Waals surface area contributed by atoms with Crippen LogP contribution in [0.3, 0.4) is 0 Å².